The van der Waals surface area contributed by atoms with Crippen LogP contribution in [0, 0.1) is 6.92 Å². The van der Waals surface area contributed by atoms with Gasteiger partial charge in [0.15, 0.2) is 0 Å². The number of carbonyl (C=O) groups excluding carboxylic acids is 2. The van der Waals surface area contributed by atoms with E-state index in [1.165, 1.54) is 0 Å². The van der Waals surface area contributed by atoms with Crippen LogP contribution in [0.1, 0.15) is 23.6 Å². The van der Waals surface area contributed by atoms with Gasteiger partial charge in [0.2, 0.25) is 11.8 Å². The smallest absolute Gasteiger partial charge is 0.242 e. The molecule has 0 aliphatic carbocycles. The average molecular weight is 354 g/mol. The Morgan fingerprint density at radius 2 is 1.77 bits per heavy atom. The number of hydrogen-bond acceptors (Lipinski definition) is 3. The van der Waals surface area contributed by atoms with Crippen molar-refractivity contribution in [1.82, 2.24) is 10.2 Å². The second-order valence-electron chi connectivity index (χ2n) is 6.26. The molecule has 0 saturated carbocycles. The number of likely N-dealkylation sites (N-methyl/N-ethyl adjacent to an activating group) is 1. The lowest BCUT2D eigenvalue weighted by Gasteiger charge is -2.29. The highest BCUT2D eigenvalue weighted by Gasteiger charge is 2.25. The van der Waals surface area contributed by atoms with E-state index >= 15 is 0 Å². The number of rotatable bonds is 7. The van der Waals surface area contributed by atoms with Gasteiger partial charge in [-0.1, -0.05) is 36.4 Å². The van der Waals surface area contributed by atoms with Gasteiger partial charge in [-0.15, -0.1) is 0 Å². The van der Waals surface area contributed by atoms with Crippen LogP contribution < -0.4 is 10.1 Å². The number of hydrogen-bond donors (Lipinski definition) is 1. The predicted molar refractivity (Wildman–Crippen MR) is 102 cm³/mol. The lowest BCUT2D eigenvalue weighted by atomic mass is 10.1. The molecule has 0 fully saturated rings. The van der Waals surface area contributed by atoms with E-state index in [2.05, 4.69) is 5.32 Å². The van der Waals surface area contributed by atoms with Crippen LogP contribution in [0.4, 0.5) is 0 Å². The molecule has 0 saturated heterocycles. The molecule has 2 amide bonds. The van der Waals surface area contributed by atoms with Gasteiger partial charge >= 0.3 is 0 Å². The van der Waals surface area contributed by atoms with Crippen molar-refractivity contribution < 1.29 is 14.3 Å². The molecule has 138 valence electrons. The standard InChI is InChI=1S/C21H26N2O3/c1-15-7-5-6-8-18(15)14-23(16(2)21(25)22-3)20(24)13-17-9-11-19(26-4)12-10-17/h5-12,16H,13-14H2,1-4H3,(H,22,25). The fourth-order valence-corrected chi connectivity index (χ4v) is 2.78. The maximum Gasteiger partial charge on any atom is 0.242 e. The van der Waals surface area contributed by atoms with Gasteiger partial charge in [0.25, 0.3) is 0 Å². The van der Waals surface area contributed by atoms with Crippen molar-refractivity contribution in [1.29, 1.82) is 0 Å². The molecule has 0 aliphatic heterocycles. The average Bonchev–Trinajstić information content (AvgIpc) is 2.66. The molecule has 0 spiro atoms. The Labute approximate surface area is 155 Å². The molecule has 5 nitrogen and oxygen atoms in total. The summed E-state index contributed by atoms with van der Waals surface area (Å²) in [7, 11) is 3.19. The van der Waals surface area contributed by atoms with Crippen molar-refractivity contribution in [2.24, 2.45) is 0 Å². The Balaban J connectivity index is 2.22. The van der Waals surface area contributed by atoms with Crippen LogP contribution in [-0.4, -0.2) is 36.9 Å². The van der Waals surface area contributed by atoms with Crippen molar-refractivity contribution in [3.63, 3.8) is 0 Å². The van der Waals surface area contributed by atoms with Crippen LogP contribution in [0.2, 0.25) is 0 Å². The SMILES string of the molecule is CNC(=O)C(C)N(Cc1ccccc1C)C(=O)Cc1ccc(OC)cc1. The second kappa shape index (κ2) is 9.04. The van der Waals surface area contributed by atoms with Crippen LogP contribution in [0.15, 0.2) is 48.5 Å². The van der Waals surface area contributed by atoms with Gasteiger partial charge in [0.1, 0.15) is 11.8 Å². The number of carbonyl (C=O) groups is 2. The van der Waals surface area contributed by atoms with E-state index in [1.807, 2.05) is 55.5 Å². The molecule has 0 aliphatic rings. The van der Waals surface area contributed by atoms with E-state index in [4.69, 9.17) is 4.74 Å². The molecule has 2 rings (SSSR count). The first-order chi connectivity index (χ1) is 12.5. The van der Waals surface area contributed by atoms with Gasteiger partial charge < -0.3 is 15.0 Å². The highest BCUT2D eigenvalue weighted by atomic mass is 16.5. The number of ether oxygens (including phenoxy) is 1. The molecule has 1 atom stereocenters. The van der Waals surface area contributed by atoms with Crippen LogP contribution >= 0.6 is 0 Å². The summed E-state index contributed by atoms with van der Waals surface area (Å²) in [5, 5.41) is 2.63. The van der Waals surface area contributed by atoms with E-state index in [-0.39, 0.29) is 18.2 Å². The summed E-state index contributed by atoms with van der Waals surface area (Å²) in [4.78, 5) is 26.7. The van der Waals surface area contributed by atoms with E-state index in [0.29, 0.717) is 6.54 Å². The summed E-state index contributed by atoms with van der Waals surface area (Å²) < 4.78 is 5.15. The molecule has 0 bridgehead atoms. The van der Waals surface area contributed by atoms with Gasteiger partial charge in [0, 0.05) is 13.6 Å². The molecule has 0 heterocycles. The van der Waals surface area contributed by atoms with Crippen LogP contribution in [0.5, 0.6) is 5.75 Å². The Hall–Kier alpha value is -2.82. The van der Waals surface area contributed by atoms with Crippen LogP contribution in [0.3, 0.4) is 0 Å². The third-order valence-electron chi connectivity index (χ3n) is 4.53. The summed E-state index contributed by atoms with van der Waals surface area (Å²) in [6.07, 6.45) is 0.233. The molecule has 1 unspecified atom stereocenters. The first kappa shape index (κ1) is 19.5. The van der Waals surface area contributed by atoms with Crippen molar-refractivity contribution >= 4 is 11.8 Å². The predicted octanol–water partition coefficient (Wildman–Crippen LogP) is 2.71. The summed E-state index contributed by atoms with van der Waals surface area (Å²) >= 11 is 0. The number of amides is 2. The van der Waals surface area contributed by atoms with Crippen molar-refractivity contribution in [3.05, 3.63) is 65.2 Å². The highest BCUT2D eigenvalue weighted by molar-refractivity contribution is 5.88. The maximum atomic E-state index is 13.0. The van der Waals surface area contributed by atoms with Crippen LogP contribution in [-0.2, 0) is 22.6 Å². The van der Waals surface area contributed by atoms with Crippen molar-refractivity contribution in [3.8, 4) is 5.75 Å². The van der Waals surface area contributed by atoms with Gasteiger partial charge in [-0.2, -0.15) is 0 Å². The van der Waals surface area contributed by atoms with Crippen LogP contribution in [0.25, 0.3) is 0 Å². The molecule has 2 aromatic carbocycles. The second-order valence-corrected chi connectivity index (χ2v) is 6.26. The third-order valence-corrected chi connectivity index (χ3v) is 4.53. The molecule has 0 aromatic heterocycles. The Bertz CT molecular complexity index is 756. The van der Waals surface area contributed by atoms with E-state index in [9.17, 15) is 9.59 Å². The zero-order chi connectivity index (χ0) is 19.1. The van der Waals surface area contributed by atoms with Crippen molar-refractivity contribution in [2.75, 3.05) is 14.2 Å². The quantitative estimate of drug-likeness (QED) is 0.832. The molecule has 0 radical (unpaired) electrons. The summed E-state index contributed by atoms with van der Waals surface area (Å²) in [6.45, 7) is 4.16. The van der Waals surface area contributed by atoms with Gasteiger partial charge in [-0.25, -0.2) is 0 Å². The molecule has 26 heavy (non-hydrogen) atoms. The zero-order valence-electron chi connectivity index (χ0n) is 15.8. The van der Waals surface area contributed by atoms with Gasteiger partial charge in [-0.05, 0) is 42.7 Å². The minimum Gasteiger partial charge on any atom is -0.497 e. The first-order valence-corrected chi connectivity index (χ1v) is 8.64. The Morgan fingerprint density at radius 3 is 2.35 bits per heavy atom. The minimum absolute atomic E-state index is 0.0884. The van der Waals surface area contributed by atoms with Gasteiger partial charge in [-0.3, -0.25) is 9.59 Å². The van der Waals surface area contributed by atoms with Crippen molar-refractivity contribution in [2.45, 2.75) is 32.9 Å². The molecule has 2 aromatic rings. The normalized spacial score (nSPS) is 11.5. The molecular formula is C21H26N2O3. The number of methoxy groups -OCH3 is 1. The monoisotopic (exact) mass is 354 g/mol. The topological polar surface area (TPSA) is 58.6 Å². The van der Waals surface area contributed by atoms with E-state index in [1.54, 1.807) is 26.0 Å². The third kappa shape index (κ3) is 4.85. The fourth-order valence-electron chi connectivity index (χ4n) is 2.78. The molecule has 5 heteroatoms. The number of nitrogens with one attached hydrogen (secondary N) is 1. The Morgan fingerprint density at radius 1 is 1.12 bits per heavy atom. The fraction of sp³-hybridized carbons (Fsp3) is 0.333. The van der Waals surface area contributed by atoms with E-state index in [0.717, 1.165) is 22.4 Å². The van der Waals surface area contributed by atoms with E-state index < -0.39 is 6.04 Å². The summed E-state index contributed by atoms with van der Waals surface area (Å²) in [5.41, 5.74) is 3.01. The number of aryl methyl sites for hydroxylation is 1. The van der Waals surface area contributed by atoms with Gasteiger partial charge in [0.05, 0.1) is 13.5 Å². The first-order valence-electron chi connectivity index (χ1n) is 8.64. The lowest BCUT2D eigenvalue weighted by Crippen LogP contribution is -2.47. The lowest BCUT2D eigenvalue weighted by molar-refractivity contribution is -0.139. The highest BCUT2D eigenvalue weighted by Crippen LogP contribution is 2.17. The summed E-state index contributed by atoms with van der Waals surface area (Å²) in [5.74, 6) is 0.480. The minimum atomic E-state index is -0.551. The molecular weight excluding hydrogens is 328 g/mol. The number of nitrogens with zero attached hydrogens (tertiary/aromatic N) is 1. The Kier molecular flexibility index (Phi) is 6.78. The summed E-state index contributed by atoms with van der Waals surface area (Å²) in [6, 6.07) is 14.7. The zero-order valence-corrected chi connectivity index (χ0v) is 15.8. The molecule has 1 N–H and O–H groups in total. The largest absolute Gasteiger partial charge is 0.497 e. The maximum absolute atomic E-state index is 13.0. The number of benzene rings is 2.